The van der Waals surface area contributed by atoms with Gasteiger partial charge in [-0.25, -0.2) is 13.1 Å². The minimum atomic E-state index is -3.13. The molecule has 0 aromatic rings. The Balaban J connectivity index is 3.95. The van der Waals surface area contributed by atoms with Crippen molar-refractivity contribution in [1.82, 2.24) is 4.72 Å². The largest absolute Gasteiger partial charge is 0.214 e. The summed E-state index contributed by atoms with van der Waals surface area (Å²) in [5, 5.41) is -0.142. The first-order valence-electron chi connectivity index (χ1n) is 5.78. The highest BCUT2D eigenvalue weighted by Gasteiger charge is 2.18. The van der Waals surface area contributed by atoms with Crippen LogP contribution in [0.4, 0.5) is 0 Å². The lowest BCUT2D eigenvalue weighted by atomic mass is 9.90. The number of unbranched alkanes of at least 4 members (excludes halogenated alkanes) is 1. The topological polar surface area (TPSA) is 46.2 Å². The Morgan fingerprint density at radius 1 is 1.31 bits per heavy atom. The van der Waals surface area contributed by atoms with Gasteiger partial charge in [0.2, 0.25) is 10.0 Å². The van der Waals surface area contributed by atoms with E-state index in [1.807, 2.05) is 6.92 Å². The Morgan fingerprint density at radius 3 is 2.31 bits per heavy atom. The quantitative estimate of drug-likeness (QED) is 0.723. The lowest BCUT2D eigenvalue weighted by molar-refractivity contribution is 0.369. The molecule has 3 nitrogen and oxygen atoms in total. The van der Waals surface area contributed by atoms with E-state index in [2.05, 4.69) is 25.5 Å². The van der Waals surface area contributed by atoms with Gasteiger partial charge in [-0.15, -0.1) is 11.6 Å². The normalized spacial score (nSPS) is 15.1. The highest BCUT2D eigenvalue weighted by Crippen LogP contribution is 2.23. The van der Waals surface area contributed by atoms with Crippen LogP contribution in [0.5, 0.6) is 0 Å². The summed E-state index contributed by atoms with van der Waals surface area (Å²) in [6, 6.07) is 0. The summed E-state index contributed by atoms with van der Waals surface area (Å²) in [6.45, 7) is 8.57. The molecule has 0 aliphatic carbocycles. The average Bonchev–Trinajstić information content (AvgIpc) is 2.09. The van der Waals surface area contributed by atoms with Crippen molar-refractivity contribution in [2.45, 2.75) is 52.3 Å². The smallest absolute Gasteiger partial charge is 0.211 e. The zero-order valence-electron chi connectivity index (χ0n) is 10.7. The van der Waals surface area contributed by atoms with Gasteiger partial charge in [-0.05, 0) is 18.3 Å². The number of nitrogens with one attached hydrogen (secondary N) is 1. The van der Waals surface area contributed by atoms with Crippen molar-refractivity contribution in [3.63, 3.8) is 0 Å². The van der Waals surface area contributed by atoms with E-state index in [-0.39, 0.29) is 16.5 Å². The first-order valence-corrected chi connectivity index (χ1v) is 7.86. The van der Waals surface area contributed by atoms with E-state index in [0.29, 0.717) is 13.0 Å². The Labute approximate surface area is 105 Å². The molecule has 0 aliphatic heterocycles. The summed E-state index contributed by atoms with van der Waals surface area (Å²) in [5.41, 5.74) is 0.126. The van der Waals surface area contributed by atoms with Crippen LogP contribution in [0.15, 0.2) is 0 Å². The molecule has 0 aliphatic rings. The highest BCUT2D eigenvalue weighted by molar-refractivity contribution is 7.89. The van der Waals surface area contributed by atoms with Gasteiger partial charge in [-0.3, -0.25) is 0 Å². The van der Waals surface area contributed by atoms with Gasteiger partial charge in [-0.2, -0.15) is 0 Å². The molecule has 0 bridgehead atoms. The molecule has 16 heavy (non-hydrogen) atoms. The van der Waals surface area contributed by atoms with Crippen molar-refractivity contribution in [2.75, 3.05) is 12.3 Å². The van der Waals surface area contributed by atoms with Gasteiger partial charge < -0.3 is 0 Å². The van der Waals surface area contributed by atoms with E-state index in [4.69, 9.17) is 11.6 Å². The highest BCUT2D eigenvalue weighted by atomic mass is 35.5. The van der Waals surface area contributed by atoms with E-state index in [1.165, 1.54) is 0 Å². The van der Waals surface area contributed by atoms with E-state index >= 15 is 0 Å². The summed E-state index contributed by atoms with van der Waals surface area (Å²) in [6.07, 6.45) is 2.37. The van der Waals surface area contributed by atoms with Crippen molar-refractivity contribution in [1.29, 1.82) is 0 Å². The molecule has 5 heteroatoms. The van der Waals surface area contributed by atoms with Crippen LogP contribution in [0.3, 0.4) is 0 Å². The first kappa shape index (κ1) is 16.2. The zero-order valence-corrected chi connectivity index (χ0v) is 12.3. The lowest BCUT2D eigenvalue weighted by Crippen LogP contribution is -2.33. The Hall–Kier alpha value is 0.200. The van der Waals surface area contributed by atoms with Gasteiger partial charge in [0.25, 0.3) is 0 Å². The molecule has 0 aromatic carbocycles. The average molecular weight is 270 g/mol. The summed E-state index contributed by atoms with van der Waals surface area (Å²) >= 11 is 6.08. The molecule has 0 amide bonds. The van der Waals surface area contributed by atoms with Crippen LogP contribution < -0.4 is 4.72 Å². The third-order valence-corrected chi connectivity index (χ3v) is 3.87. The molecule has 0 saturated carbocycles. The minimum absolute atomic E-state index is 0.126. The van der Waals surface area contributed by atoms with Crippen molar-refractivity contribution in [3.05, 3.63) is 0 Å². The van der Waals surface area contributed by atoms with Crippen LogP contribution in [-0.4, -0.2) is 26.1 Å². The maximum absolute atomic E-state index is 11.5. The second kappa shape index (κ2) is 6.82. The van der Waals surface area contributed by atoms with Gasteiger partial charge in [0.05, 0.1) is 5.75 Å². The van der Waals surface area contributed by atoms with E-state index in [9.17, 15) is 8.42 Å². The van der Waals surface area contributed by atoms with Crippen molar-refractivity contribution >= 4 is 21.6 Å². The number of rotatable bonds is 7. The molecule has 1 unspecified atom stereocenters. The molecule has 0 rings (SSSR count). The second-order valence-corrected chi connectivity index (χ2v) is 7.93. The van der Waals surface area contributed by atoms with E-state index in [0.717, 1.165) is 12.8 Å². The maximum atomic E-state index is 11.5. The summed E-state index contributed by atoms with van der Waals surface area (Å²) < 4.78 is 25.5. The number of hydrogen-bond donors (Lipinski definition) is 1. The molecular weight excluding hydrogens is 246 g/mol. The molecule has 0 spiro atoms. The summed E-state index contributed by atoms with van der Waals surface area (Å²) in [4.78, 5) is 0. The maximum Gasteiger partial charge on any atom is 0.211 e. The molecule has 0 radical (unpaired) electrons. The summed E-state index contributed by atoms with van der Waals surface area (Å²) in [5.74, 6) is 0.197. The van der Waals surface area contributed by atoms with Gasteiger partial charge in [0.15, 0.2) is 0 Å². The molecule has 1 atom stereocenters. The molecule has 1 N–H and O–H groups in total. The summed E-state index contributed by atoms with van der Waals surface area (Å²) in [7, 11) is -3.13. The Morgan fingerprint density at radius 2 is 1.88 bits per heavy atom. The van der Waals surface area contributed by atoms with Crippen LogP contribution in [0.2, 0.25) is 0 Å². The van der Waals surface area contributed by atoms with Crippen LogP contribution in [0, 0.1) is 5.41 Å². The molecular formula is C11H24ClNO2S. The standard InChI is InChI=1S/C11H24ClNO2S/c1-5-6-7-16(14,15)13-9-10(12)8-11(2,3)4/h10,13H,5-9H2,1-4H3. The van der Waals surface area contributed by atoms with Crippen molar-refractivity contribution in [3.8, 4) is 0 Å². The number of alkyl halides is 1. The van der Waals surface area contributed by atoms with Gasteiger partial charge in [-0.1, -0.05) is 34.1 Å². The van der Waals surface area contributed by atoms with Gasteiger partial charge >= 0.3 is 0 Å². The van der Waals surface area contributed by atoms with Crippen LogP contribution in [0.1, 0.15) is 47.0 Å². The molecule has 0 heterocycles. The monoisotopic (exact) mass is 269 g/mol. The number of sulfonamides is 1. The van der Waals surface area contributed by atoms with Gasteiger partial charge in [0.1, 0.15) is 0 Å². The second-order valence-electron chi connectivity index (χ2n) is 5.38. The number of hydrogen-bond acceptors (Lipinski definition) is 2. The third kappa shape index (κ3) is 9.43. The fourth-order valence-corrected chi connectivity index (χ4v) is 3.26. The van der Waals surface area contributed by atoms with Crippen molar-refractivity contribution < 1.29 is 8.42 Å². The van der Waals surface area contributed by atoms with Crippen LogP contribution >= 0.6 is 11.6 Å². The van der Waals surface area contributed by atoms with Gasteiger partial charge in [0, 0.05) is 11.9 Å². The molecule has 0 fully saturated rings. The first-order chi connectivity index (χ1) is 7.16. The lowest BCUT2D eigenvalue weighted by Gasteiger charge is -2.21. The fraction of sp³-hybridized carbons (Fsp3) is 1.00. The Kier molecular flexibility index (Phi) is 6.90. The van der Waals surface area contributed by atoms with E-state index in [1.54, 1.807) is 0 Å². The van der Waals surface area contributed by atoms with Crippen molar-refractivity contribution in [2.24, 2.45) is 5.41 Å². The van der Waals surface area contributed by atoms with Crippen LogP contribution in [-0.2, 0) is 10.0 Å². The van der Waals surface area contributed by atoms with E-state index < -0.39 is 10.0 Å². The third-order valence-electron chi connectivity index (χ3n) is 2.13. The SMILES string of the molecule is CCCCS(=O)(=O)NCC(Cl)CC(C)(C)C. The molecule has 98 valence electrons. The predicted octanol–water partition coefficient (Wildman–Crippen LogP) is 2.75. The molecule has 0 aromatic heterocycles. The Bertz CT molecular complexity index is 283. The fourth-order valence-electron chi connectivity index (χ4n) is 1.36. The number of halogens is 1. The van der Waals surface area contributed by atoms with Crippen LogP contribution in [0.25, 0.3) is 0 Å². The minimum Gasteiger partial charge on any atom is -0.214 e. The zero-order chi connectivity index (χ0) is 12.8. The predicted molar refractivity (Wildman–Crippen MR) is 70.4 cm³/mol. The molecule has 0 saturated heterocycles.